The number of hydrogen-bond donors (Lipinski definition) is 0. The third-order valence-electron chi connectivity index (χ3n) is 7.18. The maximum Gasteiger partial charge on any atom is 0.253 e. The SMILES string of the molecule is CCCCc1nc(N2CCCN(C(=O)c3ccc(CC)cc3)CC2)c2c(C)nn(-c3ccccc3)c2n1. The largest absolute Gasteiger partial charge is 0.354 e. The summed E-state index contributed by atoms with van der Waals surface area (Å²) in [6, 6.07) is 18.2. The van der Waals surface area contributed by atoms with Gasteiger partial charge in [0.05, 0.1) is 16.8 Å². The van der Waals surface area contributed by atoms with Crippen molar-refractivity contribution in [2.45, 2.75) is 52.9 Å². The highest BCUT2D eigenvalue weighted by molar-refractivity contribution is 5.94. The highest BCUT2D eigenvalue weighted by atomic mass is 16.2. The number of anilines is 1. The molecule has 5 rings (SSSR count). The Labute approximate surface area is 219 Å². The van der Waals surface area contributed by atoms with E-state index in [1.54, 1.807) is 0 Å². The van der Waals surface area contributed by atoms with E-state index in [4.69, 9.17) is 15.1 Å². The second-order valence-electron chi connectivity index (χ2n) is 9.78. The van der Waals surface area contributed by atoms with Crippen LogP contribution in [-0.2, 0) is 12.8 Å². The first-order valence-electron chi connectivity index (χ1n) is 13.5. The molecule has 0 unspecified atom stereocenters. The van der Waals surface area contributed by atoms with Gasteiger partial charge < -0.3 is 9.80 Å². The molecule has 1 amide bonds. The Morgan fingerprint density at radius 2 is 1.70 bits per heavy atom. The van der Waals surface area contributed by atoms with Crippen molar-refractivity contribution in [1.82, 2.24) is 24.6 Å². The zero-order valence-corrected chi connectivity index (χ0v) is 22.2. The Morgan fingerprint density at radius 3 is 2.43 bits per heavy atom. The van der Waals surface area contributed by atoms with Gasteiger partial charge in [0.1, 0.15) is 11.6 Å². The second-order valence-corrected chi connectivity index (χ2v) is 9.78. The minimum Gasteiger partial charge on any atom is -0.354 e. The average molecular weight is 497 g/mol. The molecule has 0 aliphatic carbocycles. The molecule has 0 bridgehead atoms. The van der Waals surface area contributed by atoms with Crippen LogP contribution in [-0.4, -0.2) is 56.7 Å². The lowest BCUT2D eigenvalue weighted by Crippen LogP contribution is -2.35. The molecule has 0 saturated carbocycles. The Hall–Kier alpha value is -3.74. The molecule has 2 aromatic heterocycles. The van der Waals surface area contributed by atoms with Crippen LogP contribution in [0.15, 0.2) is 54.6 Å². The zero-order valence-electron chi connectivity index (χ0n) is 22.2. The molecule has 1 aliphatic rings. The monoisotopic (exact) mass is 496 g/mol. The van der Waals surface area contributed by atoms with Crippen LogP contribution in [0.4, 0.5) is 5.82 Å². The number of aromatic nitrogens is 4. The van der Waals surface area contributed by atoms with Crippen LogP contribution in [0.5, 0.6) is 0 Å². The van der Waals surface area contributed by atoms with E-state index >= 15 is 0 Å². The van der Waals surface area contributed by atoms with Gasteiger partial charge in [0.15, 0.2) is 5.65 Å². The maximum atomic E-state index is 13.3. The lowest BCUT2D eigenvalue weighted by Gasteiger charge is -2.24. The summed E-state index contributed by atoms with van der Waals surface area (Å²) in [5.74, 6) is 1.90. The van der Waals surface area contributed by atoms with Crippen molar-refractivity contribution >= 4 is 22.8 Å². The highest BCUT2D eigenvalue weighted by Gasteiger charge is 2.25. The van der Waals surface area contributed by atoms with E-state index in [0.29, 0.717) is 6.54 Å². The molecule has 3 heterocycles. The minimum absolute atomic E-state index is 0.106. The summed E-state index contributed by atoms with van der Waals surface area (Å²) in [5.41, 5.74) is 4.78. The van der Waals surface area contributed by atoms with Crippen LogP contribution in [0.1, 0.15) is 60.5 Å². The van der Waals surface area contributed by atoms with Crippen molar-refractivity contribution in [3.63, 3.8) is 0 Å². The van der Waals surface area contributed by atoms with E-state index in [1.807, 2.05) is 46.8 Å². The molecule has 37 heavy (non-hydrogen) atoms. The zero-order chi connectivity index (χ0) is 25.8. The molecule has 1 saturated heterocycles. The number of unbranched alkanes of at least 4 members (excludes halogenated alkanes) is 1. The summed E-state index contributed by atoms with van der Waals surface area (Å²) in [4.78, 5) is 27.6. The van der Waals surface area contributed by atoms with E-state index in [1.165, 1.54) is 5.56 Å². The van der Waals surface area contributed by atoms with Crippen LogP contribution in [0.3, 0.4) is 0 Å². The fourth-order valence-electron chi connectivity index (χ4n) is 5.03. The summed E-state index contributed by atoms with van der Waals surface area (Å²) in [6.07, 6.45) is 4.84. The molecule has 7 heteroatoms. The van der Waals surface area contributed by atoms with Gasteiger partial charge in [-0.3, -0.25) is 4.79 Å². The van der Waals surface area contributed by atoms with Gasteiger partial charge in [-0.15, -0.1) is 0 Å². The maximum absolute atomic E-state index is 13.3. The molecular weight excluding hydrogens is 460 g/mol. The number of benzene rings is 2. The van der Waals surface area contributed by atoms with Crippen LogP contribution in [0.2, 0.25) is 0 Å². The second kappa shape index (κ2) is 11.1. The van der Waals surface area contributed by atoms with Gasteiger partial charge in [-0.25, -0.2) is 14.6 Å². The standard InChI is InChI=1S/C30H36N6O/c1-4-6-13-26-31-28(27-22(3)33-36(29(27)32-26)25-11-8-7-9-12-25)34-18-10-19-35(21-20-34)30(37)24-16-14-23(5-2)15-17-24/h7-9,11-12,14-17H,4-6,10,13,18-21H2,1-3H3. The van der Waals surface area contributed by atoms with Crippen LogP contribution < -0.4 is 4.90 Å². The quantitative estimate of drug-likeness (QED) is 0.344. The fourth-order valence-corrected chi connectivity index (χ4v) is 5.03. The summed E-state index contributed by atoms with van der Waals surface area (Å²) in [6.45, 7) is 9.33. The van der Waals surface area contributed by atoms with Crippen LogP contribution in [0.25, 0.3) is 16.7 Å². The van der Waals surface area contributed by atoms with E-state index in [0.717, 1.165) is 91.4 Å². The molecular formula is C30H36N6O. The Balaban J connectivity index is 1.46. The Kier molecular flexibility index (Phi) is 7.49. The normalized spacial score (nSPS) is 14.2. The van der Waals surface area contributed by atoms with Gasteiger partial charge >= 0.3 is 0 Å². The van der Waals surface area contributed by atoms with Crippen molar-refractivity contribution in [1.29, 1.82) is 0 Å². The van der Waals surface area contributed by atoms with Gasteiger partial charge in [0.2, 0.25) is 0 Å². The van der Waals surface area contributed by atoms with E-state index < -0.39 is 0 Å². The molecule has 0 atom stereocenters. The first kappa shape index (κ1) is 24.9. The lowest BCUT2D eigenvalue weighted by molar-refractivity contribution is 0.0767. The van der Waals surface area contributed by atoms with Gasteiger partial charge in [-0.1, -0.05) is 50.6 Å². The summed E-state index contributed by atoms with van der Waals surface area (Å²) >= 11 is 0. The highest BCUT2D eigenvalue weighted by Crippen LogP contribution is 2.30. The molecule has 0 radical (unpaired) electrons. The number of amides is 1. The van der Waals surface area contributed by atoms with E-state index in [2.05, 4.69) is 43.0 Å². The molecule has 0 spiro atoms. The topological polar surface area (TPSA) is 67.2 Å². The molecule has 1 aliphatic heterocycles. The molecule has 192 valence electrons. The molecule has 0 N–H and O–H groups in total. The number of carbonyl (C=O) groups excluding carboxylic acids is 1. The number of nitrogens with zero attached hydrogens (tertiary/aromatic N) is 6. The third kappa shape index (κ3) is 5.22. The third-order valence-corrected chi connectivity index (χ3v) is 7.18. The number of rotatable bonds is 7. The van der Waals surface area contributed by atoms with Crippen molar-refractivity contribution in [3.05, 3.63) is 77.2 Å². The molecule has 2 aromatic carbocycles. The van der Waals surface area contributed by atoms with Crippen LogP contribution >= 0.6 is 0 Å². The van der Waals surface area contributed by atoms with Crippen molar-refractivity contribution in [2.75, 3.05) is 31.1 Å². The average Bonchev–Trinajstić information content (AvgIpc) is 3.11. The minimum atomic E-state index is 0.106. The van der Waals surface area contributed by atoms with Gasteiger partial charge in [0, 0.05) is 38.2 Å². The predicted molar refractivity (Wildman–Crippen MR) is 149 cm³/mol. The summed E-state index contributed by atoms with van der Waals surface area (Å²) in [7, 11) is 0. The fraction of sp³-hybridized carbons (Fsp3) is 0.400. The Morgan fingerprint density at radius 1 is 0.919 bits per heavy atom. The predicted octanol–water partition coefficient (Wildman–Crippen LogP) is 5.38. The molecule has 4 aromatic rings. The van der Waals surface area contributed by atoms with Crippen molar-refractivity contribution in [2.24, 2.45) is 0 Å². The molecule has 7 nitrogen and oxygen atoms in total. The number of carbonyl (C=O) groups is 1. The Bertz CT molecular complexity index is 1360. The van der Waals surface area contributed by atoms with E-state index in [-0.39, 0.29) is 5.91 Å². The first-order chi connectivity index (χ1) is 18.1. The molecule has 1 fully saturated rings. The van der Waals surface area contributed by atoms with Crippen molar-refractivity contribution < 1.29 is 4.79 Å². The lowest BCUT2D eigenvalue weighted by atomic mass is 10.1. The van der Waals surface area contributed by atoms with Crippen molar-refractivity contribution in [3.8, 4) is 5.69 Å². The summed E-state index contributed by atoms with van der Waals surface area (Å²) < 4.78 is 1.94. The summed E-state index contributed by atoms with van der Waals surface area (Å²) in [5, 5.41) is 5.88. The number of fused-ring (bicyclic) bond motifs is 1. The number of hydrogen-bond acceptors (Lipinski definition) is 5. The van der Waals surface area contributed by atoms with Gasteiger partial charge in [-0.05, 0) is 56.0 Å². The van der Waals surface area contributed by atoms with Gasteiger partial charge in [-0.2, -0.15) is 5.10 Å². The smallest absolute Gasteiger partial charge is 0.253 e. The van der Waals surface area contributed by atoms with Crippen LogP contribution in [0, 0.1) is 6.92 Å². The van der Waals surface area contributed by atoms with Gasteiger partial charge in [0.25, 0.3) is 5.91 Å². The van der Waals surface area contributed by atoms with E-state index in [9.17, 15) is 4.79 Å². The first-order valence-corrected chi connectivity index (χ1v) is 13.5. The number of para-hydroxylation sites is 1. The number of aryl methyl sites for hydroxylation is 3.